The molecule has 0 N–H and O–H groups in total. The van der Waals surface area contributed by atoms with Crippen LogP contribution in [-0.4, -0.2) is 38.1 Å². The van der Waals surface area contributed by atoms with Gasteiger partial charge in [-0.25, -0.2) is 0 Å². The van der Waals surface area contributed by atoms with Gasteiger partial charge in [0.05, 0.1) is 0 Å². The van der Waals surface area contributed by atoms with Crippen molar-refractivity contribution >= 4 is 0 Å². The standard InChI is InChI=1S/C8H19NO2/c1-6-9(7-2)8(3,10-4)11-5/h6-7H2,1-5H3. The molecule has 0 aliphatic heterocycles. The summed E-state index contributed by atoms with van der Waals surface area (Å²) in [5, 5.41) is 0. The molecule has 0 fully saturated rings. The molecule has 0 aromatic rings. The Bertz CT molecular complexity index is 98.3. The van der Waals surface area contributed by atoms with Crippen LogP contribution in [0.15, 0.2) is 0 Å². The molecule has 0 aliphatic carbocycles. The smallest absolute Gasteiger partial charge is 0.226 e. The summed E-state index contributed by atoms with van der Waals surface area (Å²) in [6.07, 6.45) is 0. The molecule has 0 spiro atoms. The summed E-state index contributed by atoms with van der Waals surface area (Å²) < 4.78 is 10.5. The van der Waals surface area contributed by atoms with Crippen LogP contribution >= 0.6 is 0 Å². The Hall–Kier alpha value is -0.120. The van der Waals surface area contributed by atoms with Crippen molar-refractivity contribution in [2.24, 2.45) is 0 Å². The third kappa shape index (κ3) is 2.43. The summed E-state index contributed by atoms with van der Waals surface area (Å²) in [4.78, 5) is 2.10. The minimum absolute atomic E-state index is 0.566. The van der Waals surface area contributed by atoms with Gasteiger partial charge in [0.1, 0.15) is 0 Å². The normalized spacial score (nSPS) is 12.5. The maximum absolute atomic E-state index is 5.23. The summed E-state index contributed by atoms with van der Waals surface area (Å²) in [6, 6.07) is 0. The summed E-state index contributed by atoms with van der Waals surface area (Å²) in [5.74, 6) is -0.566. The molecule has 0 amide bonds. The maximum atomic E-state index is 5.23. The molecule has 0 radical (unpaired) electrons. The maximum Gasteiger partial charge on any atom is 0.226 e. The fourth-order valence-electron chi connectivity index (χ4n) is 1.14. The molecule has 0 atom stereocenters. The molecular formula is C8H19NO2. The van der Waals surface area contributed by atoms with E-state index in [1.54, 1.807) is 14.2 Å². The minimum atomic E-state index is -0.566. The van der Waals surface area contributed by atoms with Gasteiger partial charge in [-0.2, -0.15) is 0 Å². The molecule has 0 saturated carbocycles. The lowest BCUT2D eigenvalue weighted by Gasteiger charge is -2.36. The zero-order chi connectivity index (χ0) is 8.91. The summed E-state index contributed by atoms with van der Waals surface area (Å²) >= 11 is 0. The van der Waals surface area contributed by atoms with Crippen molar-refractivity contribution in [3.8, 4) is 0 Å². The van der Waals surface area contributed by atoms with Gasteiger partial charge < -0.3 is 9.47 Å². The van der Waals surface area contributed by atoms with Crippen molar-refractivity contribution in [3.63, 3.8) is 0 Å². The van der Waals surface area contributed by atoms with E-state index in [2.05, 4.69) is 18.7 Å². The van der Waals surface area contributed by atoms with Gasteiger partial charge in [0.25, 0.3) is 0 Å². The van der Waals surface area contributed by atoms with Crippen LogP contribution in [-0.2, 0) is 9.47 Å². The lowest BCUT2D eigenvalue weighted by Crippen LogP contribution is -2.49. The third-order valence-corrected chi connectivity index (χ3v) is 2.10. The van der Waals surface area contributed by atoms with Crippen LogP contribution in [0.1, 0.15) is 20.8 Å². The summed E-state index contributed by atoms with van der Waals surface area (Å²) in [5.41, 5.74) is 0. The minimum Gasteiger partial charge on any atom is -0.341 e. The fraction of sp³-hybridized carbons (Fsp3) is 1.00. The molecule has 68 valence electrons. The van der Waals surface area contributed by atoms with E-state index in [-0.39, 0.29) is 0 Å². The van der Waals surface area contributed by atoms with E-state index in [4.69, 9.17) is 9.47 Å². The average Bonchev–Trinajstić information content (AvgIpc) is 2.06. The summed E-state index contributed by atoms with van der Waals surface area (Å²) in [6.45, 7) is 7.93. The molecule has 3 heteroatoms. The molecule has 0 heterocycles. The summed E-state index contributed by atoms with van der Waals surface area (Å²) in [7, 11) is 3.31. The van der Waals surface area contributed by atoms with Crippen LogP contribution in [0.4, 0.5) is 0 Å². The SMILES string of the molecule is CCN(CC)C(C)(OC)OC. The first-order valence-electron chi connectivity index (χ1n) is 4.00. The van der Waals surface area contributed by atoms with Crippen molar-refractivity contribution in [2.75, 3.05) is 27.3 Å². The van der Waals surface area contributed by atoms with E-state index in [9.17, 15) is 0 Å². The Balaban J connectivity index is 4.19. The third-order valence-electron chi connectivity index (χ3n) is 2.10. The molecule has 0 unspecified atom stereocenters. The van der Waals surface area contributed by atoms with Crippen molar-refractivity contribution in [1.82, 2.24) is 4.90 Å². The first-order valence-corrected chi connectivity index (χ1v) is 4.00. The zero-order valence-electron chi connectivity index (χ0n) is 8.18. The lowest BCUT2D eigenvalue weighted by atomic mass is 10.4. The first kappa shape index (κ1) is 10.9. The molecule has 3 nitrogen and oxygen atoms in total. The predicted molar refractivity (Wildman–Crippen MR) is 45.3 cm³/mol. The van der Waals surface area contributed by atoms with Gasteiger partial charge >= 0.3 is 0 Å². The van der Waals surface area contributed by atoms with E-state index >= 15 is 0 Å². The number of ether oxygens (including phenoxy) is 2. The highest BCUT2D eigenvalue weighted by atomic mass is 16.7. The number of hydrogen-bond acceptors (Lipinski definition) is 3. The van der Waals surface area contributed by atoms with Crippen molar-refractivity contribution in [1.29, 1.82) is 0 Å². The Kier molecular flexibility index (Phi) is 4.65. The van der Waals surface area contributed by atoms with Gasteiger partial charge in [-0.3, -0.25) is 4.90 Å². The highest BCUT2D eigenvalue weighted by Crippen LogP contribution is 2.15. The van der Waals surface area contributed by atoms with Crippen molar-refractivity contribution in [3.05, 3.63) is 0 Å². The van der Waals surface area contributed by atoms with Gasteiger partial charge in [0.15, 0.2) is 0 Å². The molecule has 0 aliphatic rings. The molecule has 11 heavy (non-hydrogen) atoms. The van der Waals surface area contributed by atoms with Crippen molar-refractivity contribution < 1.29 is 9.47 Å². The molecule has 0 rings (SSSR count). The van der Waals surface area contributed by atoms with E-state index in [0.29, 0.717) is 0 Å². The van der Waals surface area contributed by atoms with Crippen LogP contribution in [0.3, 0.4) is 0 Å². The Morgan fingerprint density at radius 1 is 1.09 bits per heavy atom. The van der Waals surface area contributed by atoms with E-state index in [1.165, 1.54) is 0 Å². The van der Waals surface area contributed by atoms with Crippen LogP contribution in [0.2, 0.25) is 0 Å². The Labute approximate surface area is 69.3 Å². The molecule has 0 saturated heterocycles. The van der Waals surface area contributed by atoms with E-state index in [0.717, 1.165) is 13.1 Å². The highest BCUT2D eigenvalue weighted by molar-refractivity contribution is 4.62. The van der Waals surface area contributed by atoms with Crippen LogP contribution in [0.5, 0.6) is 0 Å². The van der Waals surface area contributed by atoms with Gasteiger partial charge in [0.2, 0.25) is 5.91 Å². The molecular weight excluding hydrogens is 142 g/mol. The molecule has 0 aromatic heterocycles. The number of rotatable bonds is 5. The van der Waals surface area contributed by atoms with Crippen LogP contribution < -0.4 is 0 Å². The van der Waals surface area contributed by atoms with E-state index < -0.39 is 5.91 Å². The average molecular weight is 161 g/mol. The van der Waals surface area contributed by atoms with Gasteiger partial charge in [-0.1, -0.05) is 13.8 Å². The lowest BCUT2D eigenvalue weighted by molar-refractivity contribution is -0.281. The number of nitrogens with zero attached hydrogens (tertiary/aromatic N) is 1. The quantitative estimate of drug-likeness (QED) is 0.567. The van der Waals surface area contributed by atoms with Gasteiger partial charge in [0, 0.05) is 34.2 Å². The first-order chi connectivity index (χ1) is 5.14. The Morgan fingerprint density at radius 2 is 1.45 bits per heavy atom. The monoisotopic (exact) mass is 161 g/mol. The largest absolute Gasteiger partial charge is 0.341 e. The number of methoxy groups -OCH3 is 2. The van der Waals surface area contributed by atoms with Crippen LogP contribution in [0.25, 0.3) is 0 Å². The van der Waals surface area contributed by atoms with E-state index in [1.807, 2.05) is 6.92 Å². The zero-order valence-corrected chi connectivity index (χ0v) is 8.18. The Morgan fingerprint density at radius 3 is 1.55 bits per heavy atom. The van der Waals surface area contributed by atoms with Crippen molar-refractivity contribution in [2.45, 2.75) is 26.7 Å². The van der Waals surface area contributed by atoms with Gasteiger partial charge in [-0.05, 0) is 0 Å². The van der Waals surface area contributed by atoms with Crippen LogP contribution in [0, 0.1) is 0 Å². The molecule has 0 aromatic carbocycles. The molecule has 0 bridgehead atoms. The number of hydrogen-bond donors (Lipinski definition) is 0. The fourth-order valence-corrected chi connectivity index (χ4v) is 1.14. The van der Waals surface area contributed by atoms with Gasteiger partial charge in [-0.15, -0.1) is 0 Å². The second kappa shape index (κ2) is 4.70. The highest BCUT2D eigenvalue weighted by Gasteiger charge is 2.28. The predicted octanol–water partition coefficient (Wildman–Crippen LogP) is 1.29. The second-order valence-electron chi connectivity index (χ2n) is 2.48. The topological polar surface area (TPSA) is 21.7 Å². The second-order valence-corrected chi connectivity index (χ2v) is 2.48.